The summed E-state index contributed by atoms with van der Waals surface area (Å²) in [6.45, 7) is 3.91. The minimum atomic E-state index is 0.0952. The van der Waals surface area contributed by atoms with Crippen LogP contribution in [0.2, 0.25) is 0 Å². The van der Waals surface area contributed by atoms with Crippen LogP contribution in [0.25, 0.3) is 11.3 Å². The highest BCUT2D eigenvalue weighted by Crippen LogP contribution is 2.27. The molecule has 1 aliphatic carbocycles. The second-order valence-electron chi connectivity index (χ2n) is 5.24. The Labute approximate surface area is 146 Å². The Morgan fingerprint density at radius 1 is 1.12 bits per heavy atom. The molecule has 0 saturated heterocycles. The van der Waals surface area contributed by atoms with Crippen LogP contribution in [0.1, 0.15) is 12.2 Å². The van der Waals surface area contributed by atoms with E-state index in [-0.39, 0.29) is 5.76 Å². The van der Waals surface area contributed by atoms with Crippen molar-refractivity contribution >= 4 is 18.2 Å². The maximum atomic E-state index is 10.6. The normalized spacial score (nSPS) is 22.1. The fraction of sp³-hybridized carbons (Fsp3) is 0.0526. The summed E-state index contributed by atoms with van der Waals surface area (Å²) in [7, 11) is 0. The molecule has 0 spiro atoms. The highest BCUT2D eigenvalue weighted by atomic mass is 32.1. The molecule has 0 saturated carbocycles. The number of hydrogen-bond donors (Lipinski definition) is 2. The maximum absolute atomic E-state index is 10.6. The van der Waals surface area contributed by atoms with Crippen LogP contribution in [0.4, 0.5) is 0 Å². The molecule has 1 aromatic heterocycles. The third-order valence-corrected chi connectivity index (χ3v) is 3.80. The second kappa shape index (κ2) is 7.19. The average Bonchev–Trinajstić information content (AvgIpc) is 2.96. The van der Waals surface area contributed by atoms with Crippen LogP contribution >= 0.6 is 12.6 Å². The first kappa shape index (κ1) is 16.1. The molecule has 2 aromatic rings. The number of para-hydroxylation sites is 1. The zero-order chi connectivity index (χ0) is 16.9. The Hall–Kier alpha value is -2.79. The fourth-order valence-corrected chi connectivity index (χ4v) is 2.65. The lowest BCUT2D eigenvalue weighted by Gasteiger charge is -2.11. The number of allylic oxidation sites excluding steroid dienone is 8. The Balaban J connectivity index is 2.14. The van der Waals surface area contributed by atoms with E-state index in [1.54, 1.807) is 10.6 Å². The highest BCUT2D eigenvalue weighted by molar-refractivity contribution is 7.80. The molecular formula is C19H17N3OS. The van der Waals surface area contributed by atoms with E-state index >= 15 is 0 Å². The Morgan fingerprint density at radius 3 is 2.71 bits per heavy atom. The van der Waals surface area contributed by atoms with Gasteiger partial charge in [-0.25, -0.2) is 0 Å². The van der Waals surface area contributed by atoms with E-state index in [0.717, 1.165) is 5.69 Å². The largest absolute Gasteiger partial charge is 0.507 e. The van der Waals surface area contributed by atoms with Gasteiger partial charge in [0.25, 0.3) is 0 Å². The summed E-state index contributed by atoms with van der Waals surface area (Å²) >= 11 is 4.40. The van der Waals surface area contributed by atoms with E-state index < -0.39 is 0 Å². The first-order valence-electron chi connectivity index (χ1n) is 7.50. The highest BCUT2D eigenvalue weighted by Gasteiger charge is 2.18. The summed E-state index contributed by atoms with van der Waals surface area (Å²) in [6.07, 6.45) is 11.8. The van der Waals surface area contributed by atoms with E-state index in [9.17, 15) is 5.11 Å². The molecule has 0 aliphatic heterocycles. The van der Waals surface area contributed by atoms with Crippen molar-refractivity contribution in [2.75, 3.05) is 0 Å². The number of rotatable bonds is 2. The van der Waals surface area contributed by atoms with Gasteiger partial charge >= 0.3 is 0 Å². The molecule has 1 aromatic carbocycles. The van der Waals surface area contributed by atoms with Gasteiger partial charge in [0.05, 0.1) is 5.57 Å². The Kier molecular flexibility index (Phi) is 4.82. The lowest BCUT2D eigenvalue weighted by Crippen LogP contribution is -2.03. The predicted octanol–water partition coefficient (Wildman–Crippen LogP) is 4.45. The Bertz CT molecular complexity index is 873. The van der Waals surface area contributed by atoms with Gasteiger partial charge in [0.15, 0.2) is 11.0 Å². The van der Waals surface area contributed by atoms with E-state index in [0.29, 0.717) is 28.5 Å². The van der Waals surface area contributed by atoms with Crippen LogP contribution in [-0.4, -0.2) is 19.9 Å². The molecule has 0 radical (unpaired) electrons. The van der Waals surface area contributed by atoms with Gasteiger partial charge in [-0.3, -0.25) is 4.57 Å². The zero-order valence-electron chi connectivity index (χ0n) is 13.0. The van der Waals surface area contributed by atoms with Crippen LogP contribution in [-0.2, 0) is 0 Å². The van der Waals surface area contributed by atoms with Crippen LogP contribution in [0.15, 0.2) is 89.9 Å². The Morgan fingerprint density at radius 2 is 1.92 bits per heavy atom. The van der Waals surface area contributed by atoms with Crippen molar-refractivity contribution in [3.63, 3.8) is 0 Å². The van der Waals surface area contributed by atoms with Crippen molar-refractivity contribution in [3.8, 4) is 5.69 Å². The standard InChI is InChI=1S/C19H17N3OS/c1-14-9-5-2-3-8-12-16(17(23)13-14)18-20-21-19(24)22(18)15-10-6-4-7-11-15/h2-7,9-13,23H,1,8H2,(H,21,24)/b3-2-,9-5-,16-12+,17-13+. The van der Waals surface area contributed by atoms with Crippen molar-refractivity contribution in [1.29, 1.82) is 0 Å². The molecule has 120 valence electrons. The van der Waals surface area contributed by atoms with Gasteiger partial charge in [-0.15, -0.1) is 22.8 Å². The molecule has 1 heterocycles. The van der Waals surface area contributed by atoms with Crippen LogP contribution < -0.4 is 0 Å². The summed E-state index contributed by atoms with van der Waals surface area (Å²) in [6, 6.07) is 9.68. The van der Waals surface area contributed by atoms with E-state index in [2.05, 4.69) is 29.4 Å². The molecule has 5 heteroatoms. The second-order valence-corrected chi connectivity index (χ2v) is 5.64. The topological polar surface area (TPSA) is 50.9 Å². The summed E-state index contributed by atoms with van der Waals surface area (Å²) < 4.78 is 1.80. The molecule has 1 N–H and O–H groups in total. The van der Waals surface area contributed by atoms with E-state index in [1.165, 1.54) is 0 Å². The van der Waals surface area contributed by atoms with Crippen LogP contribution in [0.5, 0.6) is 0 Å². The lowest BCUT2D eigenvalue weighted by atomic mass is 10.1. The number of hydrogen-bond acceptors (Lipinski definition) is 4. The number of nitrogens with zero attached hydrogens (tertiary/aromatic N) is 3. The monoisotopic (exact) mass is 335 g/mol. The molecule has 24 heavy (non-hydrogen) atoms. The zero-order valence-corrected chi connectivity index (χ0v) is 13.9. The van der Waals surface area contributed by atoms with Crippen LogP contribution in [0, 0.1) is 0 Å². The van der Waals surface area contributed by atoms with Gasteiger partial charge in [-0.2, -0.15) is 0 Å². The molecule has 0 fully saturated rings. The van der Waals surface area contributed by atoms with Gasteiger partial charge in [0.1, 0.15) is 5.76 Å². The van der Waals surface area contributed by atoms with Crippen molar-refractivity contribution < 1.29 is 5.11 Å². The molecule has 3 rings (SSSR count). The number of aliphatic hydroxyl groups is 1. The fourth-order valence-electron chi connectivity index (χ4n) is 2.40. The van der Waals surface area contributed by atoms with Gasteiger partial charge in [-0.05, 0) is 30.2 Å². The van der Waals surface area contributed by atoms with E-state index in [4.69, 9.17) is 0 Å². The van der Waals surface area contributed by atoms with Crippen molar-refractivity contribution in [2.24, 2.45) is 0 Å². The number of aromatic nitrogens is 3. The summed E-state index contributed by atoms with van der Waals surface area (Å²) in [5, 5.41) is 19.3. The number of benzene rings is 1. The maximum Gasteiger partial charge on any atom is 0.193 e. The van der Waals surface area contributed by atoms with E-state index in [1.807, 2.05) is 60.7 Å². The molecule has 0 bridgehead atoms. The first-order chi connectivity index (χ1) is 11.7. The molecule has 0 unspecified atom stereocenters. The number of aliphatic hydroxyl groups excluding tert-OH is 1. The van der Waals surface area contributed by atoms with Gasteiger partial charge < -0.3 is 5.11 Å². The minimum absolute atomic E-state index is 0.0952. The predicted molar refractivity (Wildman–Crippen MR) is 99.3 cm³/mol. The van der Waals surface area contributed by atoms with Crippen molar-refractivity contribution in [3.05, 3.63) is 90.5 Å². The SMILES string of the molecule is C=C1/C=C\C=C/C/C=C(c2nnc(S)n2-c2ccccc2)\C(O)=C/1. The molecule has 0 amide bonds. The quantitative estimate of drug-likeness (QED) is 0.797. The summed E-state index contributed by atoms with van der Waals surface area (Å²) in [4.78, 5) is 0. The molecule has 1 aliphatic rings. The summed E-state index contributed by atoms with van der Waals surface area (Å²) in [5.41, 5.74) is 2.16. The molecule has 0 atom stereocenters. The van der Waals surface area contributed by atoms with Gasteiger partial charge in [0, 0.05) is 5.69 Å². The third kappa shape index (κ3) is 3.41. The number of thiol groups is 1. The lowest BCUT2D eigenvalue weighted by molar-refractivity contribution is 0.436. The average molecular weight is 335 g/mol. The van der Waals surface area contributed by atoms with Crippen LogP contribution in [0.3, 0.4) is 0 Å². The molecular weight excluding hydrogens is 318 g/mol. The minimum Gasteiger partial charge on any atom is -0.507 e. The van der Waals surface area contributed by atoms with Gasteiger partial charge in [0.2, 0.25) is 0 Å². The van der Waals surface area contributed by atoms with Crippen molar-refractivity contribution in [2.45, 2.75) is 11.6 Å². The first-order valence-corrected chi connectivity index (χ1v) is 7.95. The third-order valence-electron chi connectivity index (χ3n) is 3.51. The summed E-state index contributed by atoms with van der Waals surface area (Å²) in [5.74, 6) is 0.628. The smallest absolute Gasteiger partial charge is 0.193 e. The molecule has 4 nitrogen and oxygen atoms in total. The van der Waals surface area contributed by atoms with Gasteiger partial charge in [-0.1, -0.05) is 55.2 Å². The van der Waals surface area contributed by atoms with Crippen molar-refractivity contribution in [1.82, 2.24) is 14.8 Å².